The van der Waals surface area contributed by atoms with E-state index in [1.165, 1.54) is 12.1 Å². The molecule has 152 valence electrons. The van der Waals surface area contributed by atoms with Crippen LogP contribution in [0.5, 0.6) is 0 Å². The normalized spacial score (nSPS) is 15.5. The van der Waals surface area contributed by atoms with E-state index in [4.69, 9.17) is 4.74 Å². The highest BCUT2D eigenvalue weighted by atomic mass is 32.2. The topological polar surface area (TPSA) is 79.0 Å². The Kier molecular flexibility index (Phi) is 8.15. The van der Waals surface area contributed by atoms with Crippen molar-refractivity contribution >= 4 is 15.9 Å². The Bertz CT molecular complexity index is 704. The number of halogens is 1. The molecule has 0 bridgehead atoms. The summed E-state index contributed by atoms with van der Waals surface area (Å²) in [5.74, 6) is -0.741. The van der Waals surface area contributed by atoms with Gasteiger partial charge in [0.15, 0.2) is 0 Å². The maximum atomic E-state index is 13.2. The maximum Gasteiger partial charge on any atom is 0.243 e. The van der Waals surface area contributed by atoms with Crippen LogP contribution in [0, 0.1) is 5.82 Å². The smallest absolute Gasteiger partial charge is 0.243 e. The van der Waals surface area contributed by atoms with Crippen LogP contribution in [0.4, 0.5) is 4.39 Å². The molecule has 1 fully saturated rings. The Morgan fingerprint density at radius 3 is 2.48 bits per heavy atom. The summed E-state index contributed by atoms with van der Waals surface area (Å²) in [6.45, 7) is 6.62. The van der Waals surface area contributed by atoms with Gasteiger partial charge < -0.3 is 15.0 Å². The molecule has 0 spiro atoms. The molecule has 0 aliphatic carbocycles. The first-order valence-corrected chi connectivity index (χ1v) is 10.6. The van der Waals surface area contributed by atoms with Gasteiger partial charge in [-0.1, -0.05) is 0 Å². The van der Waals surface area contributed by atoms with E-state index in [1.807, 2.05) is 13.8 Å². The van der Waals surface area contributed by atoms with Crippen molar-refractivity contribution in [3.8, 4) is 0 Å². The SMILES string of the molecule is CC(C)OCCCN(CC(=O)N1CCNCC1)S(=O)(=O)c1ccc(F)cc1. The number of sulfonamides is 1. The van der Waals surface area contributed by atoms with Gasteiger partial charge in [0.05, 0.1) is 17.5 Å². The van der Waals surface area contributed by atoms with E-state index < -0.39 is 15.8 Å². The summed E-state index contributed by atoms with van der Waals surface area (Å²) in [6, 6.07) is 4.64. The van der Waals surface area contributed by atoms with Crippen LogP contribution in [0.25, 0.3) is 0 Å². The van der Waals surface area contributed by atoms with Gasteiger partial charge in [0.25, 0.3) is 0 Å². The molecule has 0 unspecified atom stereocenters. The van der Waals surface area contributed by atoms with Crippen LogP contribution in [-0.2, 0) is 19.6 Å². The van der Waals surface area contributed by atoms with E-state index in [1.54, 1.807) is 4.90 Å². The van der Waals surface area contributed by atoms with E-state index in [-0.39, 0.29) is 30.0 Å². The van der Waals surface area contributed by atoms with Crippen LogP contribution in [-0.4, -0.2) is 75.5 Å². The standard InChI is InChI=1S/C18H28FN3O4S/c1-15(2)26-13-3-10-22(14-18(23)21-11-8-20-9-12-21)27(24,25)17-6-4-16(19)5-7-17/h4-7,15,20H,3,8-14H2,1-2H3. The van der Waals surface area contributed by atoms with Crippen LogP contribution < -0.4 is 5.32 Å². The van der Waals surface area contributed by atoms with Crippen molar-refractivity contribution in [1.29, 1.82) is 0 Å². The number of benzene rings is 1. The summed E-state index contributed by atoms with van der Waals surface area (Å²) in [7, 11) is -3.90. The first-order chi connectivity index (χ1) is 12.8. The number of piperazine rings is 1. The van der Waals surface area contributed by atoms with E-state index in [0.717, 1.165) is 16.4 Å². The average molecular weight is 402 g/mol. The number of carbonyl (C=O) groups excluding carboxylic acids is 1. The van der Waals surface area contributed by atoms with Crippen molar-refractivity contribution in [3.63, 3.8) is 0 Å². The number of rotatable bonds is 9. The van der Waals surface area contributed by atoms with E-state index in [2.05, 4.69) is 5.32 Å². The fourth-order valence-electron chi connectivity index (χ4n) is 2.76. The molecule has 7 nitrogen and oxygen atoms in total. The first-order valence-electron chi connectivity index (χ1n) is 9.16. The lowest BCUT2D eigenvalue weighted by Gasteiger charge is -2.30. The number of hydrogen-bond donors (Lipinski definition) is 1. The molecule has 1 aromatic carbocycles. The average Bonchev–Trinajstić information content (AvgIpc) is 2.64. The zero-order valence-electron chi connectivity index (χ0n) is 15.9. The number of nitrogens with one attached hydrogen (secondary N) is 1. The molecule has 1 heterocycles. The highest BCUT2D eigenvalue weighted by molar-refractivity contribution is 7.89. The minimum absolute atomic E-state index is 0.0261. The van der Waals surface area contributed by atoms with E-state index in [0.29, 0.717) is 39.2 Å². The summed E-state index contributed by atoms with van der Waals surface area (Å²) in [5, 5.41) is 3.16. The van der Waals surface area contributed by atoms with Crippen LogP contribution in [0.15, 0.2) is 29.2 Å². The minimum atomic E-state index is -3.90. The zero-order chi connectivity index (χ0) is 19.9. The maximum absolute atomic E-state index is 13.2. The summed E-state index contributed by atoms with van der Waals surface area (Å²) >= 11 is 0. The molecule has 0 aromatic heterocycles. The zero-order valence-corrected chi connectivity index (χ0v) is 16.7. The Balaban J connectivity index is 2.12. The van der Waals surface area contributed by atoms with Crippen LogP contribution >= 0.6 is 0 Å². The highest BCUT2D eigenvalue weighted by Gasteiger charge is 2.28. The number of nitrogens with zero attached hydrogens (tertiary/aromatic N) is 2. The molecule has 1 N–H and O–H groups in total. The second-order valence-corrected chi connectivity index (χ2v) is 8.63. The van der Waals surface area contributed by atoms with Crippen LogP contribution in [0.3, 0.4) is 0 Å². The van der Waals surface area contributed by atoms with E-state index >= 15 is 0 Å². The Hall–Kier alpha value is -1.55. The van der Waals surface area contributed by atoms with Crippen molar-refractivity contribution in [1.82, 2.24) is 14.5 Å². The molecule has 1 aromatic rings. The Labute approximate surface area is 160 Å². The minimum Gasteiger partial charge on any atom is -0.379 e. The molecule has 1 aliphatic heterocycles. The molecule has 9 heteroatoms. The van der Waals surface area contributed by atoms with Gasteiger partial charge in [0.2, 0.25) is 15.9 Å². The molecule has 0 saturated carbocycles. The second kappa shape index (κ2) is 10.1. The molecule has 0 atom stereocenters. The van der Waals surface area contributed by atoms with Gasteiger partial charge in [0, 0.05) is 39.3 Å². The van der Waals surface area contributed by atoms with Gasteiger partial charge in [-0.2, -0.15) is 4.31 Å². The molecule has 1 amide bonds. The fourth-order valence-corrected chi connectivity index (χ4v) is 4.19. The second-order valence-electron chi connectivity index (χ2n) is 6.70. The summed E-state index contributed by atoms with van der Waals surface area (Å²) in [6.07, 6.45) is 0.516. The monoisotopic (exact) mass is 401 g/mol. The quantitative estimate of drug-likeness (QED) is 0.626. The molecule has 2 rings (SSSR count). The highest BCUT2D eigenvalue weighted by Crippen LogP contribution is 2.17. The van der Waals surface area contributed by atoms with Crippen molar-refractivity contribution in [2.45, 2.75) is 31.3 Å². The summed E-state index contributed by atoms with van der Waals surface area (Å²) < 4.78 is 45.7. The third-order valence-corrected chi connectivity index (χ3v) is 6.10. The van der Waals surface area contributed by atoms with Crippen molar-refractivity contribution < 1.29 is 22.3 Å². The molecule has 0 radical (unpaired) electrons. The van der Waals surface area contributed by atoms with Gasteiger partial charge >= 0.3 is 0 Å². The predicted molar refractivity (Wildman–Crippen MR) is 100 cm³/mol. The summed E-state index contributed by atoms with van der Waals surface area (Å²) in [4.78, 5) is 14.2. The van der Waals surface area contributed by atoms with Crippen molar-refractivity contribution in [2.75, 3.05) is 45.9 Å². The lowest BCUT2D eigenvalue weighted by atomic mass is 10.3. The van der Waals surface area contributed by atoms with Crippen molar-refractivity contribution in [2.24, 2.45) is 0 Å². The van der Waals surface area contributed by atoms with Gasteiger partial charge in [0.1, 0.15) is 5.82 Å². The molecule has 1 aliphatic rings. The lowest BCUT2D eigenvalue weighted by molar-refractivity contribution is -0.132. The first kappa shape index (κ1) is 21.7. The Morgan fingerprint density at radius 1 is 1.26 bits per heavy atom. The molecular weight excluding hydrogens is 373 g/mol. The molecular formula is C18H28FN3O4S. The van der Waals surface area contributed by atoms with Gasteiger partial charge in [-0.25, -0.2) is 12.8 Å². The van der Waals surface area contributed by atoms with Gasteiger partial charge in [-0.3, -0.25) is 4.79 Å². The van der Waals surface area contributed by atoms with Crippen LogP contribution in [0.2, 0.25) is 0 Å². The number of carbonyl (C=O) groups is 1. The lowest BCUT2D eigenvalue weighted by Crippen LogP contribution is -2.50. The van der Waals surface area contributed by atoms with Gasteiger partial charge in [-0.15, -0.1) is 0 Å². The van der Waals surface area contributed by atoms with Crippen molar-refractivity contribution in [3.05, 3.63) is 30.1 Å². The number of amides is 1. The van der Waals surface area contributed by atoms with Gasteiger partial charge in [-0.05, 0) is 44.5 Å². The number of hydrogen-bond acceptors (Lipinski definition) is 5. The number of ether oxygens (including phenoxy) is 1. The Morgan fingerprint density at radius 2 is 1.89 bits per heavy atom. The molecule has 1 saturated heterocycles. The van der Waals surface area contributed by atoms with E-state index in [9.17, 15) is 17.6 Å². The summed E-state index contributed by atoms with van der Waals surface area (Å²) in [5.41, 5.74) is 0. The third kappa shape index (κ3) is 6.53. The predicted octanol–water partition coefficient (Wildman–Crippen LogP) is 1.06. The molecule has 27 heavy (non-hydrogen) atoms. The largest absolute Gasteiger partial charge is 0.379 e. The third-order valence-electron chi connectivity index (χ3n) is 4.24. The fraction of sp³-hybridized carbons (Fsp3) is 0.611. The van der Waals surface area contributed by atoms with Crippen LogP contribution in [0.1, 0.15) is 20.3 Å².